The summed E-state index contributed by atoms with van der Waals surface area (Å²) < 4.78 is 12.5. The van der Waals surface area contributed by atoms with E-state index in [4.69, 9.17) is 15.7 Å². The van der Waals surface area contributed by atoms with Gasteiger partial charge in [0.05, 0.1) is 28.0 Å². The van der Waals surface area contributed by atoms with Gasteiger partial charge in [0, 0.05) is 17.6 Å². The van der Waals surface area contributed by atoms with Crippen LogP contribution in [0.4, 0.5) is 5.69 Å². The van der Waals surface area contributed by atoms with Gasteiger partial charge in [-0.15, -0.1) is 6.42 Å². The van der Waals surface area contributed by atoms with Crippen LogP contribution in [0.1, 0.15) is 51.8 Å². The second-order valence-electron chi connectivity index (χ2n) is 8.83. The summed E-state index contributed by atoms with van der Waals surface area (Å²) in [7, 11) is -0.437. The standard InChI is InChI=1S/C25H27BN2O2/c1-7-18-16-27-22-14-13-20(26-29-24(3,4)25(5,6)30-26)15-21(22)23(18)28-17(2)19-11-9-8-10-12-19/h1,8-17H,2-6H3,(H,27,28). The number of hydrogen-bond donors (Lipinski definition) is 1. The minimum Gasteiger partial charge on any atom is -0.399 e. The maximum Gasteiger partial charge on any atom is 0.494 e. The molecule has 0 spiro atoms. The molecule has 1 unspecified atom stereocenters. The largest absolute Gasteiger partial charge is 0.494 e. The average Bonchev–Trinajstić information content (AvgIpc) is 2.95. The van der Waals surface area contributed by atoms with Gasteiger partial charge in [-0.05, 0) is 51.7 Å². The van der Waals surface area contributed by atoms with Crippen LogP contribution in [0.3, 0.4) is 0 Å². The highest BCUT2D eigenvalue weighted by Gasteiger charge is 2.51. The molecule has 2 heterocycles. The molecule has 5 heteroatoms. The lowest BCUT2D eigenvalue weighted by Gasteiger charge is -2.32. The van der Waals surface area contributed by atoms with Crippen LogP contribution in [0.25, 0.3) is 10.9 Å². The van der Waals surface area contributed by atoms with E-state index in [2.05, 4.69) is 69.0 Å². The molecular weight excluding hydrogens is 371 g/mol. The fourth-order valence-corrected chi connectivity index (χ4v) is 3.64. The Kier molecular flexibility index (Phi) is 5.09. The zero-order valence-electron chi connectivity index (χ0n) is 18.2. The van der Waals surface area contributed by atoms with Gasteiger partial charge < -0.3 is 14.6 Å². The van der Waals surface area contributed by atoms with Gasteiger partial charge in [0.1, 0.15) is 0 Å². The van der Waals surface area contributed by atoms with Crippen molar-refractivity contribution in [2.45, 2.75) is 51.9 Å². The number of pyridine rings is 1. The summed E-state index contributed by atoms with van der Waals surface area (Å²) in [5.41, 5.74) is 3.86. The zero-order valence-corrected chi connectivity index (χ0v) is 18.2. The highest BCUT2D eigenvalue weighted by molar-refractivity contribution is 6.62. The first kappa shape index (κ1) is 20.5. The number of benzene rings is 2. The fourth-order valence-electron chi connectivity index (χ4n) is 3.64. The molecule has 0 bridgehead atoms. The van der Waals surface area contributed by atoms with Crippen molar-refractivity contribution in [1.29, 1.82) is 0 Å². The first-order valence-electron chi connectivity index (χ1n) is 10.3. The maximum atomic E-state index is 6.24. The first-order valence-corrected chi connectivity index (χ1v) is 10.3. The summed E-state index contributed by atoms with van der Waals surface area (Å²) in [5, 5.41) is 4.57. The summed E-state index contributed by atoms with van der Waals surface area (Å²) in [5.74, 6) is 2.77. The Hall–Kier alpha value is -2.81. The molecule has 1 aliphatic rings. The van der Waals surface area contributed by atoms with Crippen LogP contribution in [-0.2, 0) is 9.31 Å². The molecule has 1 aliphatic heterocycles. The molecular formula is C25H27BN2O2. The molecule has 1 fully saturated rings. The normalized spacial score (nSPS) is 18.2. The number of aromatic nitrogens is 1. The average molecular weight is 398 g/mol. The maximum absolute atomic E-state index is 6.24. The van der Waals surface area contributed by atoms with E-state index in [0.29, 0.717) is 0 Å². The minimum absolute atomic E-state index is 0.0874. The quantitative estimate of drug-likeness (QED) is 0.512. The number of rotatable bonds is 4. The minimum atomic E-state index is -0.437. The monoisotopic (exact) mass is 398 g/mol. The van der Waals surface area contributed by atoms with E-state index >= 15 is 0 Å². The SMILES string of the molecule is C#Cc1cnc2ccc(B3OC(C)(C)C(C)(C)O3)cc2c1NC(C)c1ccccc1. The van der Waals surface area contributed by atoms with Crippen molar-refractivity contribution in [1.82, 2.24) is 4.98 Å². The van der Waals surface area contributed by atoms with Gasteiger partial charge >= 0.3 is 7.12 Å². The lowest BCUT2D eigenvalue weighted by molar-refractivity contribution is 0.00578. The molecule has 2 aromatic carbocycles. The molecule has 4 rings (SSSR count). The molecule has 0 radical (unpaired) electrons. The zero-order chi connectivity index (χ0) is 21.5. The Labute approximate surface area is 179 Å². The van der Waals surface area contributed by atoms with Crippen molar-refractivity contribution in [3.05, 3.63) is 65.9 Å². The van der Waals surface area contributed by atoms with Crippen molar-refractivity contribution in [3.8, 4) is 12.3 Å². The van der Waals surface area contributed by atoms with Crippen LogP contribution >= 0.6 is 0 Å². The van der Waals surface area contributed by atoms with Crippen LogP contribution in [0.15, 0.2) is 54.7 Å². The van der Waals surface area contributed by atoms with Gasteiger partial charge in [-0.25, -0.2) is 0 Å². The third kappa shape index (κ3) is 3.58. The smallest absolute Gasteiger partial charge is 0.399 e. The van der Waals surface area contributed by atoms with Gasteiger partial charge in [0.2, 0.25) is 0 Å². The van der Waals surface area contributed by atoms with Gasteiger partial charge in [-0.2, -0.15) is 0 Å². The Morgan fingerprint density at radius 2 is 1.70 bits per heavy atom. The lowest BCUT2D eigenvalue weighted by Crippen LogP contribution is -2.41. The number of nitrogens with one attached hydrogen (secondary N) is 1. The van der Waals surface area contributed by atoms with Crippen LogP contribution in [0, 0.1) is 12.3 Å². The molecule has 1 atom stereocenters. The molecule has 1 N–H and O–H groups in total. The summed E-state index contributed by atoms with van der Waals surface area (Å²) in [4.78, 5) is 4.55. The molecule has 0 amide bonds. The Morgan fingerprint density at radius 1 is 1.03 bits per heavy atom. The third-order valence-electron chi connectivity index (χ3n) is 6.23. The summed E-state index contributed by atoms with van der Waals surface area (Å²) in [6.07, 6.45) is 7.55. The molecule has 152 valence electrons. The Balaban J connectivity index is 1.76. The van der Waals surface area contributed by atoms with Crippen LogP contribution in [0.2, 0.25) is 0 Å². The lowest BCUT2D eigenvalue weighted by atomic mass is 9.78. The van der Waals surface area contributed by atoms with Crippen molar-refractivity contribution in [3.63, 3.8) is 0 Å². The van der Waals surface area contributed by atoms with E-state index in [0.717, 1.165) is 27.6 Å². The van der Waals surface area contributed by atoms with Crippen LogP contribution < -0.4 is 10.8 Å². The van der Waals surface area contributed by atoms with Crippen LogP contribution in [-0.4, -0.2) is 23.3 Å². The second kappa shape index (κ2) is 7.47. The molecule has 0 aliphatic carbocycles. The molecule has 0 saturated carbocycles. The van der Waals surface area contributed by atoms with Gasteiger partial charge in [-0.1, -0.05) is 48.4 Å². The predicted molar refractivity (Wildman–Crippen MR) is 124 cm³/mol. The van der Waals surface area contributed by atoms with Crippen molar-refractivity contribution < 1.29 is 9.31 Å². The summed E-state index contributed by atoms with van der Waals surface area (Å²) in [6.45, 7) is 10.3. The Bertz CT molecular complexity index is 1100. The fraction of sp³-hybridized carbons (Fsp3) is 0.320. The summed E-state index contributed by atoms with van der Waals surface area (Å²) in [6, 6.07) is 16.5. The van der Waals surface area contributed by atoms with Crippen molar-refractivity contribution in [2.75, 3.05) is 5.32 Å². The topological polar surface area (TPSA) is 43.4 Å². The number of nitrogens with zero attached hydrogens (tertiary/aromatic N) is 1. The second-order valence-corrected chi connectivity index (χ2v) is 8.83. The van der Waals surface area contributed by atoms with Gasteiger partial charge in [0.15, 0.2) is 0 Å². The molecule has 1 saturated heterocycles. The van der Waals surface area contributed by atoms with E-state index in [-0.39, 0.29) is 6.04 Å². The molecule has 3 aromatic rings. The summed E-state index contributed by atoms with van der Waals surface area (Å²) >= 11 is 0. The molecule has 30 heavy (non-hydrogen) atoms. The number of hydrogen-bond acceptors (Lipinski definition) is 4. The van der Waals surface area contributed by atoms with E-state index in [1.54, 1.807) is 6.20 Å². The molecule has 1 aromatic heterocycles. The number of terminal acetylenes is 1. The van der Waals surface area contributed by atoms with E-state index < -0.39 is 18.3 Å². The highest BCUT2D eigenvalue weighted by Crippen LogP contribution is 2.37. The number of fused-ring (bicyclic) bond motifs is 1. The highest BCUT2D eigenvalue weighted by atomic mass is 16.7. The van der Waals surface area contributed by atoms with Gasteiger partial charge in [-0.3, -0.25) is 4.98 Å². The first-order chi connectivity index (χ1) is 14.2. The van der Waals surface area contributed by atoms with E-state index in [1.165, 1.54) is 5.56 Å². The van der Waals surface area contributed by atoms with E-state index in [9.17, 15) is 0 Å². The Morgan fingerprint density at radius 3 is 2.33 bits per heavy atom. The van der Waals surface area contributed by atoms with Crippen molar-refractivity contribution >= 4 is 29.2 Å². The van der Waals surface area contributed by atoms with Crippen molar-refractivity contribution in [2.24, 2.45) is 0 Å². The van der Waals surface area contributed by atoms with E-state index in [1.807, 2.05) is 30.3 Å². The third-order valence-corrected chi connectivity index (χ3v) is 6.23. The van der Waals surface area contributed by atoms with Gasteiger partial charge in [0.25, 0.3) is 0 Å². The molecule has 4 nitrogen and oxygen atoms in total. The predicted octanol–water partition coefficient (Wildman–Crippen LogP) is 4.69. The van der Waals surface area contributed by atoms with Crippen LogP contribution in [0.5, 0.6) is 0 Å². The number of anilines is 1.